The van der Waals surface area contributed by atoms with Crippen LogP contribution < -0.4 is 5.56 Å². The summed E-state index contributed by atoms with van der Waals surface area (Å²) in [4.78, 5) is 33.9. The average Bonchev–Trinajstić information content (AvgIpc) is 3.38. The van der Waals surface area contributed by atoms with Crippen LogP contribution in [0.2, 0.25) is 0 Å². The normalized spacial score (nSPS) is 30.4. The largest absolute Gasteiger partial charge is 0.378 e. The van der Waals surface area contributed by atoms with Gasteiger partial charge < -0.3 is 19.0 Å². The molecule has 2 spiro atoms. The molecule has 8 heteroatoms. The van der Waals surface area contributed by atoms with Crippen molar-refractivity contribution in [2.24, 2.45) is 0 Å². The van der Waals surface area contributed by atoms with Crippen LogP contribution in [0, 0.1) is 0 Å². The SMILES string of the molecule is O=C1CCCC[C@@]12CCCc1c(-c3nc4c(c(=O)[nH]3)CCCO[C@@]43CCOC3)noc12. The van der Waals surface area contributed by atoms with Crippen molar-refractivity contribution in [3.05, 3.63) is 32.9 Å². The highest BCUT2D eigenvalue weighted by atomic mass is 16.6. The Morgan fingerprint density at radius 1 is 0.903 bits per heavy atom. The summed E-state index contributed by atoms with van der Waals surface area (Å²) in [5.41, 5.74) is 1.49. The Morgan fingerprint density at radius 3 is 2.61 bits per heavy atom. The summed E-state index contributed by atoms with van der Waals surface area (Å²) in [5, 5.41) is 4.35. The van der Waals surface area contributed by atoms with Crippen molar-refractivity contribution in [3.63, 3.8) is 0 Å². The summed E-state index contributed by atoms with van der Waals surface area (Å²) in [6.07, 6.45) is 7.98. The van der Waals surface area contributed by atoms with Gasteiger partial charge in [0.25, 0.3) is 5.56 Å². The number of ether oxygens (including phenoxy) is 2. The van der Waals surface area contributed by atoms with Crippen LogP contribution in [0.5, 0.6) is 0 Å². The van der Waals surface area contributed by atoms with Gasteiger partial charge in [0, 0.05) is 37.2 Å². The molecule has 1 saturated carbocycles. The van der Waals surface area contributed by atoms with Crippen LogP contribution in [0.25, 0.3) is 11.5 Å². The minimum atomic E-state index is -0.667. The molecular formula is C23H27N3O5. The monoisotopic (exact) mass is 425 g/mol. The molecule has 164 valence electrons. The zero-order valence-electron chi connectivity index (χ0n) is 17.6. The highest BCUT2D eigenvalue weighted by molar-refractivity contribution is 5.91. The molecule has 2 aliphatic heterocycles. The predicted molar refractivity (Wildman–Crippen MR) is 110 cm³/mol. The van der Waals surface area contributed by atoms with Gasteiger partial charge in [-0.3, -0.25) is 9.59 Å². The lowest BCUT2D eigenvalue weighted by atomic mass is 9.64. The van der Waals surface area contributed by atoms with E-state index in [1.807, 2.05) is 0 Å². The molecule has 2 atom stereocenters. The fourth-order valence-corrected chi connectivity index (χ4v) is 6.03. The third-order valence-electron chi connectivity index (χ3n) is 7.65. The quantitative estimate of drug-likeness (QED) is 0.748. The van der Waals surface area contributed by atoms with Crippen molar-refractivity contribution in [1.29, 1.82) is 0 Å². The standard InChI is InChI=1S/C23H27N3O5/c27-16-7-1-2-8-22(16)9-3-5-14-17(26-31-19(14)22)20-24-18-15(21(28)25-20)6-4-11-30-23(18)10-12-29-13-23/h1-13H2,(H,24,25,28)/t22-,23-/m1/s1. The van der Waals surface area contributed by atoms with Gasteiger partial charge in [-0.15, -0.1) is 0 Å². The number of fused-ring (bicyclic) bond motifs is 4. The molecule has 0 unspecified atom stereocenters. The first kappa shape index (κ1) is 19.4. The summed E-state index contributed by atoms with van der Waals surface area (Å²) in [6, 6.07) is 0. The van der Waals surface area contributed by atoms with Crippen LogP contribution in [0.4, 0.5) is 0 Å². The van der Waals surface area contributed by atoms with E-state index in [-0.39, 0.29) is 11.3 Å². The molecule has 1 saturated heterocycles. The Balaban J connectivity index is 1.49. The van der Waals surface area contributed by atoms with Gasteiger partial charge in [-0.2, -0.15) is 0 Å². The van der Waals surface area contributed by atoms with Crippen LogP contribution in [0.1, 0.15) is 73.9 Å². The minimum absolute atomic E-state index is 0.146. The smallest absolute Gasteiger partial charge is 0.254 e. The summed E-state index contributed by atoms with van der Waals surface area (Å²) in [5.74, 6) is 1.37. The number of hydrogen-bond acceptors (Lipinski definition) is 7. The molecule has 6 rings (SSSR count). The highest BCUT2D eigenvalue weighted by Gasteiger charge is 2.49. The lowest BCUT2D eigenvalue weighted by molar-refractivity contribution is -0.128. The summed E-state index contributed by atoms with van der Waals surface area (Å²) >= 11 is 0. The number of aromatic nitrogens is 3. The van der Waals surface area contributed by atoms with Gasteiger partial charge in [0.1, 0.15) is 11.4 Å². The summed E-state index contributed by atoms with van der Waals surface area (Å²) in [7, 11) is 0. The van der Waals surface area contributed by atoms with E-state index in [4.69, 9.17) is 19.0 Å². The van der Waals surface area contributed by atoms with Crippen molar-refractivity contribution in [3.8, 4) is 11.5 Å². The molecule has 0 aromatic carbocycles. The zero-order valence-corrected chi connectivity index (χ0v) is 17.6. The number of Topliss-reactive ketones (excluding diaryl/α,β-unsaturated/α-hetero) is 1. The third kappa shape index (κ3) is 2.80. The maximum absolute atomic E-state index is 13.1. The number of carbonyl (C=O) groups excluding carboxylic acids is 1. The predicted octanol–water partition coefficient (Wildman–Crippen LogP) is 2.72. The molecule has 2 aromatic heterocycles. The number of aromatic amines is 1. The average molecular weight is 425 g/mol. The molecule has 8 nitrogen and oxygen atoms in total. The first-order chi connectivity index (χ1) is 15.1. The maximum Gasteiger partial charge on any atom is 0.254 e. The van der Waals surface area contributed by atoms with Crippen LogP contribution in [0.3, 0.4) is 0 Å². The maximum atomic E-state index is 13.1. The second-order valence-corrected chi connectivity index (χ2v) is 9.40. The van der Waals surface area contributed by atoms with E-state index in [0.29, 0.717) is 67.6 Å². The van der Waals surface area contributed by atoms with E-state index in [1.54, 1.807) is 0 Å². The van der Waals surface area contributed by atoms with Crippen molar-refractivity contribution in [1.82, 2.24) is 15.1 Å². The number of nitrogens with one attached hydrogen (secondary N) is 1. The number of ketones is 1. The number of hydrogen-bond donors (Lipinski definition) is 1. The van der Waals surface area contributed by atoms with E-state index < -0.39 is 11.0 Å². The summed E-state index contributed by atoms with van der Waals surface area (Å²) in [6.45, 7) is 1.58. The highest BCUT2D eigenvalue weighted by Crippen LogP contribution is 2.47. The summed E-state index contributed by atoms with van der Waals surface area (Å²) < 4.78 is 17.7. The Bertz CT molecular complexity index is 1100. The number of rotatable bonds is 1. The molecule has 31 heavy (non-hydrogen) atoms. The number of carbonyl (C=O) groups is 1. The molecule has 0 amide bonds. The van der Waals surface area contributed by atoms with Crippen molar-refractivity contribution >= 4 is 5.78 Å². The Hall–Kier alpha value is -2.32. The number of nitrogens with zero attached hydrogens (tertiary/aromatic N) is 2. The van der Waals surface area contributed by atoms with Gasteiger partial charge in [-0.05, 0) is 44.9 Å². The first-order valence-electron chi connectivity index (χ1n) is 11.5. The number of H-pyrrole nitrogens is 1. The van der Waals surface area contributed by atoms with Gasteiger partial charge in [0.15, 0.2) is 17.3 Å². The fourth-order valence-electron chi connectivity index (χ4n) is 6.03. The second-order valence-electron chi connectivity index (χ2n) is 9.40. The van der Waals surface area contributed by atoms with Crippen molar-refractivity contribution in [2.75, 3.05) is 19.8 Å². The fraction of sp³-hybridized carbons (Fsp3) is 0.652. The van der Waals surface area contributed by atoms with E-state index in [2.05, 4.69) is 10.1 Å². The Kier molecular flexibility index (Phi) is 4.44. The first-order valence-corrected chi connectivity index (χ1v) is 11.5. The Morgan fingerprint density at radius 2 is 1.77 bits per heavy atom. The molecule has 0 bridgehead atoms. The van der Waals surface area contributed by atoms with E-state index in [9.17, 15) is 9.59 Å². The van der Waals surface area contributed by atoms with E-state index in [0.717, 1.165) is 50.5 Å². The van der Waals surface area contributed by atoms with Gasteiger partial charge in [0.05, 0.1) is 17.7 Å². The third-order valence-corrected chi connectivity index (χ3v) is 7.65. The van der Waals surface area contributed by atoms with Crippen LogP contribution in [-0.4, -0.2) is 40.7 Å². The molecule has 2 aliphatic carbocycles. The molecule has 0 radical (unpaired) electrons. The van der Waals surface area contributed by atoms with E-state index in [1.165, 1.54) is 0 Å². The van der Waals surface area contributed by atoms with Gasteiger partial charge >= 0.3 is 0 Å². The van der Waals surface area contributed by atoms with Crippen molar-refractivity contribution < 1.29 is 18.8 Å². The van der Waals surface area contributed by atoms with Crippen molar-refractivity contribution in [2.45, 2.75) is 75.2 Å². The lowest BCUT2D eigenvalue weighted by Gasteiger charge is -2.36. The molecule has 2 fully saturated rings. The van der Waals surface area contributed by atoms with Gasteiger partial charge in [-0.1, -0.05) is 11.6 Å². The zero-order chi connectivity index (χ0) is 21.1. The van der Waals surface area contributed by atoms with E-state index >= 15 is 0 Å². The van der Waals surface area contributed by atoms with Crippen LogP contribution >= 0.6 is 0 Å². The molecule has 2 aromatic rings. The molecule has 4 aliphatic rings. The topological polar surface area (TPSA) is 107 Å². The lowest BCUT2D eigenvalue weighted by Crippen LogP contribution is -2.41. The Labute approximate surface area is 179 Å². The minimum Gasteiger partial charge on any atom is -0.378 e. The molecular weight excluding hydrogens is 398 g/mol. The van der Waals surface area contributed by atoms with Gasteiger partial charge in [-0.25, -0.2) is 4.98 Å². The second kappa shape index (κ2) is 7.10. The molecule has 4 heterocycles. The van der Waals surface area contributed by atoms with Crippen LogP contribution in [-0.2, 0) is 38.1 Å². The van der Waals surface area contributed by atoms with Crippen LogP contribution in [0.15, 0.2) is 9.32 Å². The van der Waals surface area contributed by atoms with Gasteiger partial charge in [0.2, 0.25) is 0 Å². The molecule has 1 N–H and O–H groups in total.